The number of nitrogens with zero attached hydrogens (tertiary/aromatic N) is 2. The third-order valence-electron chi connectivity index (χ3n) is 5.16. The summed E-state index contributed by atoms with van der Waals surface area (Å²) in [5.41, 5.74) is 1.13. The molecule has 31 heavy (non-hydrogen) atoms. The third kappa shape index (κ3) is 6.14. The Labute approximate surface area is 193 Å². The molecule has 0 spiro atoms. The molecule has 0 bridgehead atoms. The van der Waals surface area contributed by atoms with Gasteiger partial charge in [0.05, 0.1) is 6.04 Å². The predicted octanol–water partition coefficient (Wildman–Crippen LogP) is 4.74. The van der Waals surface area contributed by atoms with Gasteiger partial charge in [0.15, 0.2) is 0 Å². The lowest BCUT2D eigenvalue weighted by molar-refractivity contribution is -0.135. The Morgan fingerprint density at radius 3 is 2.71 bits per heavy atom. The molecule has 0 saturated heterocycles. The summed E-state index contributed by atoms with van der Waals surface area (Å²) in [5, 5.41) is 5.61. The zero-order chi connectivity index (χ0) is 22.4. The first kappa shape index (κ1) is 23.4. The molecule has 0 aliphatic carbocycles. The summed E-state index contributed by atoms with van der Waals surface area (Å²) in [6.07, 6.45) is 1.61. The molecule has 2 aromatic rings. The summed E-state index contributed by atoms with van der Waals surface area (Å²) in [6.45, 7) is 7.39. The van der Waals surface area contributed by atoms with Gasteiger partial charge in [0, 0.05) is 29.0 Å². The minimum atomic E-state index is -0.201. The van der Waals surface area contributed by atoms with Gasteiger partial charge in [-0.25, -0.2) is 4.79 Å². The maximum Gasteiger partial charge on any atom is 0.318 e. The fraction of sp³-hybridized carbons (Fsp3) is 0.478. The van der Waals surface area contributed by atoms with Gasteiger partial charge in [-0.05, 0) is 68.0 Å². The molecule has 3 amide bonds. The number of carbonyl (C=O) groups is 2. The van der Waals surface area contributed by atoms with E-state index in [1.807, 2.05) is 37.8 Å². The highest BCUT2D eigenvalue weighted by atomic mass is 35.5. The summed E-state index contributed by atoms with van der Waals surface area (Å²) in [7, 11) is 0. The van der Waals surface area contributed by atoms with E-state index in [9.17, 15) is 9.59 Å². The first-order valence-corrected chi connectivity index (χ1v) is 11.9. The van der Waals surface area contributed by atoms with Crippen LogP contribution in [0.15, 0.2) is 35.7 Å². The van der Waals surface area contributed by atoms with Crippen molar-refractivity contribution >= 4 is 34.9 Å². The van der Waals surface area contributed by atoms with Crippen molar-refractivity contribution in [3.05, 3.63) is 51.2 Å². The van der Waals surface area contributed by atoms with Crippen LogP contribution in [0, 0.1) is 0 Å². The van der Waals surface area contributed by atoms with Gasteiger partial charge in [0.2, 0.25) is 5.91 Å². The second-order valence-electron chi connectivity index (χ2n) is 7.94. The maximum atomic E-state index is 13.3. The van der Waals surface area contributed by atoms with Gasteiger partial charge in [-0.3, -0.25) is 4.79 Å². The van der Waals surface area contributed by atoms with E-state index in [1.165, 1.54) is 4.88 Å². The number of hydrogen-bond donors (Lipinski definition) is 1. The predicted molar refractivity (Wildman–Crippen MR) is 125 cm³/mol. The molecule has 0 unspecified atom stereocenters. The van der Waals surface area contributed by atoms with Crippen molar-refractivity contribution in [2.75, 3.05) is 26.2 Å². The number of ether oxygens (including phenoxy) is 1. The monoisotopic (exact) mass is 463 g/mol. The highest BCUT2D eigenvalue weighted by Gasteiger charge is 2.33. The normalized spacial score (nSPS) is 15.5. The van der Waals surface area contributed by atoms with Crippen LogP contribution >= 0.6 is 22.9 Å². The first-order valence-electron chi connectivity index (χ1n) is 10.7. The molecular weight excluding hydrogens is 434 g/mol. The van der Waals surface area contributed by atoms with E-state index >= 15 is 0 Å². The average molecular weight is 464 g/mol. The molecule has 1 N–H and O–H groups in total. The summed E-state index contributed by atoms with van der Waals surface area (Å²) < 4.78 is 6.02. The van der Waals surface area contributed by atoms with Crippen LogP contribution in [0.25, 0.3) is 0 Å². The largest absolute Gasteiger partial charge is 0.491 e. The van der Waals surface area contributed by atoms with Crippen LogP contribution < -0.4 is 10.1 Å². The molecule has 0 fully saturated rings. The van der Waals surface area contributed by atoms with Crippen LogP contribution in [0.2, 0.25) is 5.02 Å². The molecule has 168 valence electrons. The van der Waals surface area contributed by atoms with Gasteiger partial charge in [-0.1, -0.05) is 18.5 Å². The topological polar surface area (TPSA) is 61.9 Å². The lowest BCUT2D eigenvalue weighted by atomic mass is 10.0. The molecule has 3 rings (SSSR count). The van der Waals surface area contributed by atoms with E-state index in [1.54, 1.807) is 28.4 Å². The van der Waals surface area contributed by atoms with E-state index in [4.69, 9.17) is 16.3 Å². The molecule has 8 heteroatoms. The van der Waals surface area contributed by atoms with Gasteiger partial charge in [0.1, 0.15) is 18.9 Å². The maximum absolute atomic E-state index is 13.3. The smallest absolute Gasteiger partial charge is 0.318 e. The van der Waals surface area contributed by atoms with Crippen LogP contribution in [0.1, 0.15) is 43.7 Å². The Bertz CT molecular complexity index is 884. The highest BCUT2D eigenvalue weighted by Crippen LogP contribution is 2.34. The van der Waals surface area contributed by atoms with Crippen LogP contribution in [-0.4, -0.2) is 54.0 Å². The number of nitrogens with one attached hydrogen (secondary N) is 1. The minimum absolute atomic E-state index is 0.0193. The second kappa shape index (κ2) is 10.9. The molecule has 0 radical (unpaired) electrons. The minimum Gasteiger partial charge on any atom is -0.491 e. The first-order chi connectivity index (χ1) is 14.9. The number of halogens is 1. The number of amides is 3. The van der Waals surface area contributed by atoms with Crippen molar-refractivity contribution in [1.82, 2.24) is 15.1 Å². The number of fused-ring (bicyclic) bond motifs is 1. The lowest BCUT2D eigenvalue weighted by Crippen LogP contribution is -2.50. The Kier molecular flexibility index (Phi) is 8.21. The number of hydrogen-bond acceptors (Lipinski definition) is 4. The number of thiophene rings is 1. The van der Waals surface area contributed by atoms with E-state index in [0.29, 0.717) is 30.5 Å². The summed E-state index contributed by atoms with van der Waals surface area (Å²) in [4.78, 5) is 30.6. The number of rotatable bonds is 8. The molecular formula is C23H30ClN3O3S. The SMILES string of the molecule is CCCN(CC(=O)N1CCc2sccc2[C@@H]1COc1ccc(Cl)cc1)C(=O)NC(C)C. The summed E-state index contributed by atoms with van der Waals surface area (Å²) in [5.74, 6) is 0.650. The number of carbonyl (C=O) groups excluding carboxylic acids is 2. The number of benzene rings is 1. The molecule has 1 aromatic carbocycles. The third-order valence-corrected chi connectivity index (χ3v) is 6.40. The van der Waals surface area contributed by atoms with Crippen LogP contribution in [-0.2, 0) is 11.2 Å². The van der Waals surface area contributed by atoms with Gasteiger partial charge >= 0.3 is 6.03 Å². The van der Waals surface area contributed by atoms with Gasteiger partial charge < -0.3 is 19.9 Å². The second-order valence-corrected chi connectivity index (χ2v) is 9.38. The lowest BCUT2D eigenvalue weighted by Gasteiger charge is -2.37. The highest BCUT2D eigenvalue weighted by molar-refractivity contribution is 7.10. The summed E-state index contributed by atoms with van der Waals surface area (Å²) in [6, 6.07) is 8.92. The standard InChI is InChI=1S/C23H30ClN3O3S/c1-4-11-26(23(29)25-16(2)3)14-22(28)27-12-9-21-19(10-13-31-21)20(27)15-30-18-7-5-17(24)6-8-18/h5-8,10,13,16,20H,4,9,11-12,14-15H2,1-3H3,(H,25,29)/t20-/m0/s1. The average Bonchev–Trinajstić information content (AvgIpc) is 3.21. The Morgan fingerprint density at radius 2 is 2.03 bits per heavy atom. The fourth-order valence-electron chi connectivity index (χ4n) is 3.70. The van der Waals surface area contributed by atoms with Crippen molar-refractivity contribution in [1.29, 1.82) is 0 Å². The van der Waals surface area contributed by atoms with Crippen molar-refractivity contribution in [2.45, 2.75) is 45.7 Å². The molecule has 1 atom stereocenters. The Morgan fingerprint density at radius 1 is 1.29 bits per heavy atom. The zero-order valence-electron chi connectivity index (χ0n) is 18.3. The van der Waals surface area contributed by atoms with Crippen LogP contribution in [0.4, 0.5) is 4.79 Å². The fourth-order valence-corrected chi connectivity index (χ4v) is 4.75. The van der Waals surface area contributed by atoms with Crippen molar-refractivity contribution in [3.63, 3.8) is 0 Å². The molecule has 1 aliphatic heterocycles. The Balaban J connectivity index is 1.74. The van der Waals surface area contributed by atoms with E-state index in [0.717, 1.165) is 18.4 Å². The molecule has 1 aromatic heterocycles. The van der Waals surface area contributed by atoms with E-state index < -0.39 is 0 Å². The van der Waals surface area contributed by atoms with Crippen molar-refractivity contribution < 1.29 is 14.3 Å². The van der Waals surface area contributed by atoms with E-state index in [2.05, 4.69) is 16.8 Å². The Hall–Kier alpha value is -2.25. The van der Waals surface area contributed by atoms with Crippen LogP contribution in [0.5, 0.6) is 5.75 Å². The van der Waals surface area contributed by atoms with Gasteiger partial charge in [-0.15, -0.1) is 11.3 Å². The number of urea groups is 1. The quantitative estimate of drug-likeness (QED) is 0.615. The molecule has 6 nitrogen and oxygen atoms in total. The molecule has 1 aliphatic rings. The molecule has 0 saturated carbocycles. The van der Waals surface area contributed by atoms with Gasteiger partial charge in [-0.2, -0.15) is 0 Å². The summed E-state index contributed by atoms with van der Waals surface area (Å²) >= 11 is 7.68. The van der Waals surface area contributed by atoms with Crippen LogP contribution in [0.3, 0.4) is 0 Å². The van der Waals surface area contributed by atoms with Crippen molar-refractivity contribution in [2.24, 2.45) is 0 Å². The molecule has 2 heterocycles. The van der Waals surface area contributed by atoms with Gasteiger partial charge in [0.25, 0.3) is 0 Å². The van der Waals surface area contributed by atoms with Crippen molar-refractivity contribution in [3.8, 4) is 5.75 Å². The van der Waals surface area contributed by atoms with E-state index in [-0.39, 0.29) is 30.6 Å². The zero-order valence-corrected chi connectivity index (χ0v) is 19.8.